The van der Waals surface area contributed by atoms with Crippen molar-refractivity contribution in [3.63, 3.8) is 0 Å². The lowest BCUT2D eigenvalue weighted by Gasteiger charge is -2.22. The van der Waals surface area contributed by atoms with Gasteiger partial charge in [-0.25, -0.2) is 13.2 Å². The second-order valence-electron chi connectivity index (χ2n) is 6.07. The lowest BCUT2D eigenvalue weighted by atomic mass is 10.0. The summed E-state index contributed by atoms with van der Waals surface area (Å²) in [7, 11) is -3.43. The number of hydrogen-bond acceptors (Lipinski definition) is 4. The van der Waals surface area contributed by atoms with Gasteiger partial charge in [0.05, 0.1) is 11.4 Å². The van der Waals surface area contributed by atoms with E-state index in [1.165, 1.54) is 0 Å². The van der Waals surface area contributed by atoms with Crippen LogP contribution in [0.2, 0.25) is 0 Å². The van der Waals surface area contributed by atoms with Gasteiger partial charge in [0.15, 0.2) is 0 Å². The number of carboxylic acid groups (broad SMARTS) is 1. The monoisotopic (exact) mass is 356 g/mol. The molecule has 0 heterocycles. The Kier molecular flexibility index (Phi) is 6.44. The van der Waals surface area contributed by atoms with E-state index in [0.29, 0.717) is 24.1 Å². The number of rotatable bonds is 7. The standard InChI is InChI=1S/C16H24N2O5S/c19-15(9-10-17-16(20)21)12-5-4-6-13(11-12)18-24(22,23)14-7-2-1-3-8-14/h4-6,11,14-15,17-19H,1-3,7-10H2,(H,20,21). The highest BCUT2D eigenvalue weighted by Crippen LogP contribution is 2.26. The number of sulfonamides is 1. The van der Waals surface area contributed by atoms with Gasteiger partial charge in [-0.05, 0) is 37.0 Å². The van der Waals surface area contributed by atoms with E-state index in [1.807, 2.05) is 0 Å². The molecule has 4 N–H and O–H groups in total. The van der Waals surface area contributed by atoms with E-state index >= 15 is 0 Å². The Hall–Kier alpha value is -1.80. The molecule has 1 aromatic rings. The first-order valence-corrected chi connectivity index (χ1v) is 9.69. The van der Waals surface area contributed by atoms with Crippen molar-refractivity contribution in [2.75, 3.05) is 11.3 Å². The van der Waals surface area contributed by atoms with Gasteiger partial charge in [0, 0.05) is 12.2 Å². The van der Waals surface area contributed by atoms with Crippen LogP contribution in [0.5, 0.6) is 0 Å². The molecule has 7 nitrogen and oxygen atoms in total. The summed E-state index contributed by atoms with van der Waals surface area (Å²) < 4.78 is 27.5. The molecule has 0 saturated heterocycles. The molecule has 2 rings (SSSR count). The fourth-order valence-corrected chi connectivity index (χ4v) is 4.49. The summed E-state index contributed by atoms with van der Waals surface area (Å²) >= 11 is 0. The molecular weight excluding hydrogens is 332 g/mol. The zero-order valence-corrected chi connectivity index (χ0v) is 14.3. The van der Waals surface area contributed by atoms with Crippen molar-refractivity contribution >= 4 is 21.8 Å². The molecule has 1 atom stereocenters. The number of carbonyl (C=O) groups is 1. The molecule has 0 radical (unpaired) electrons. The number of benzene rings is 1. The topological polar surface area (TPSA) is 116 Å². The molecule has 0 aliphatic heterocycles. The average molecular weight is 356 g/mol. The summed E-state index contributed by atoms with van der Waals surface area (Å²) in [4.78, 5) is 10.4. The van der Waals surface area contributed by atoms with Crippen molar-refractivity contribution in [3.05, 3.63) is 29.8 Å². The number of amides is 1. The molecule has 0 aromatic heterocycles. The van der Waals surface area contributed by atoms with E-state index in [4.69, 9.17) is 5.11 Å². The third-order valence-corrected chi connectivity index (χ3v) is 6.09. The summed E-state index contributed by atoms with van der Waals surface area (Å²) in [5, 5.41) is 20.4. The van der Waals surface area contributed by atoms with Gasteiger partial charge in [0.2, 0.25) is 10.0 Å². The van der Waals surface area contributed by atoms with Crippen molar-refractivity contribution in [3.8, 4) is 0 Å². The number of anilines is 1. The van der Waals surface area contributed by atoms with Crippen LogP contribution in [0.3, 0.4) is 0 Å². The van der Waals surface area contributed by atoms with Crippen molar-refractivity contribution in [1.29, 1.82) is 0 Å². The third-order valence-electron chi connectivity index (χ3n) is 4.22. The predicted molar refractivity (Wildman–Crippen MR) is 91.5 cm³/mol. The van der Waals surface area contributed by atoms with Crippen LogP contribution in [0.4, 0.5) is 10.5 Å². The van der Waals surface area contributed by atoms with Gasteiger partial charge in [0.1, 0.15) is 0 Å². The number of aliphatic hydroxyl groups excluding tert-OH is 1. The molecule has 1 saturated carbocycles. The van der Waals surface area contributed by atoms with Gasteiger partial charge in [0.25, 0.3) is 0 Å². The highest BCUT2D eigenvalue weighted by molar-refractivity contribution is 7.93. The Morgan fingerprint density at radius 2 is 1.96 bits per heavy atom. The largest absolute Gasteiger partial charge is 0.465 e. The molecule has 0 spiro atoms. The summed E-state index contributed by atoms with van der Waals surface area (Å²) in [6.45, 7) is 0.120. The highest BCUT2D eigenvalue weighted by Gasteiger charge is 2.27. The minimum absolute atomic E-state index is 0.120. The van der Waals surface area contributed by atoms with E-state index in [-0.39, 0.29) is 18.2 Å². The van der Waals surface area contributed by atoms with Gasteiger partial charge >= 0.3 is 6.09 Å². The smallest absolute Gasteiger partial charge is 0.404 e. The second kappa shape index (κ2) is 8.34. The lowest BCUT2D eigenvalue weighted by molar-refractivity contribution is 0.162. The van der Waals surface area contributed by atoms with Crippen LogP contribution >= 0.6 is 0 Å². The Morgan fingerprint density at radius 3 is 2.62 bits per heavy atom. The molecular formula is C16H24N2O5S. The summed E-state index contributed by atoms with van der Waals surface area (Å²) in [5.41, 5.74) is 0.967. The predicted octanol–water partition coefficient (Wildman–Crippen LogP) is 2.45. The van der Waals surface area contributed by atoms with Gasteiger partial charge in [-0.3, -0.25) is 4.72 Å². The molecule has 1 amide bonds. The Bertz CT molecular complexity index is 656. The zero-order valence-electron chi connectivity index (χ0n) is 13.4. The van der Waals surface area contributed by atoms with E-state index in [0.717, 1.165) is 19.3 Å². The lowest BCUT2D eigenvalue weighted by Crippen LogP contribution is -2.29. The molecule has 24 heavy (non-hydrogen) atoms. The van der Waals surface area contributed by atoms with Gasteiger partial charge < -0.3 is 15.5 Å². The maximum absolute atomic E-state index is 12.4. The first-order valence-electron chi connectivity index (χ1n) is 8.15. The fraction of sp³-hybridized carbons (Fsp3) is 0.562. The Morgan fingerprint density at radius 1 is 1.25 bits per heavy atom. The first kappa shape index (κ1) is 18.5. The van der Waals surface area contributed by atoms with Gasteiger partial charge in [-0.2, -0.15) is 0 Å². The molecule has 134 valence electrons. The van der Waals surface area contributed by atoms with E-state index in [1.54, 1.807) is 24.3 Å². The molecule has 1 unspecified atom stereocenters. The number of hydrogen-bond donors (Lipinski definition) is 4. The average Bonchev–Trinajstić information content (AvgIpc) is 2.55. The maximum atomic E-state index is 12.4. The molecule has 1 aromatic carbocycles. The van der Waals surface area contributed by atoms with Crippen LogP contribution in [0.15, 0.2) is 24.3 Å². The second-order valence-corrected chi connectivity index (χ2v) is 8.03. The van der Waals surface area contributed by atoms with Crippen LogP contribution in [0.25, 0.3) is 0 Å². The molecule has 1 aliphatic carbocycles. The van der Waals surface area contributed by atoms with Crippen LogP contribution in [0.1, 0.15) is 50.2 Å². The van der Waals surface area contributed by atoms with Crippen molar-refractivity contribution in [2.45, 2.75) is 49.9 Å². The minimum Gasteiger partial charge on any atom is -0.465 e. The first-order chi connectivity index (χ1) is 11.4. The Labute approximate surface area is 142 Å². The number of aliphatic hydroxyl groups is 1. The van der Waals surface area contributed by atoms with E-state index < -0.39 is 22.2 Å². The minimum atomic E-state index is -3.43. The SMILES string of the molecule is O=C(O)NCCC(O)c1cccc(NS(=O)(=O)C2CCCCC2)c1. The summed E-state index contributed by atoms with van der Waals surface area (Å²) in [6, 6.07) is 6.59. The quantitative estimate of drug-likeness (QED) is 0.599. The summed E-state index contributed by atoms with van der Waals surface area (Å²) in [6.07, 6.45) is 2.51. The molecule has 1 aliphatic rings. The number of nitrogens with one attached hydrogen (secondary N) is 2. The maximum Gasteiger partial charge on any atom is 0.404 e. The van der Waals surface area contributed by atoms with Crippen LogP contribution in [-0.4, -0.2) is 36.5 Å². The van der Waals surface area contributed by atoms with Crippen molar-refractivity contribution in [1.82, 2.24) is 5.32 Å². The van der Waals surface area contributed by atoms with Crippen molar-refractivity contribution < 1.29 is 23.4 Å². The summed E-state index contributed by atoms with van der Waals surface area (Å²) in [5.74, 6) is 0. The molecule has 8 heteroatoms. The molecule has 0 bridgehead atoms. The van der Waals surface area contributed by atoms with E-state index in [9.17, 15) is 18.3 Å². The normalized spacial score (nSPS) is 17.2. The van der Waals surface area contributed by atoms with E-state index in [2.05, 4.69) is 10.0 Å². The van der Waals surface area contributed by atoms with Gasteiger partial charge in [-0.15, -0.1) is 0 Å². The zero-order chi connectivity index (χ0) is 17.6. The van der Waals surface area contributed by atoms with Crippen LogP contribution in [0, 0.1) is 0 Å². The van der Waals surface area contributed by atoms with Gasteiger partial charge in [-0.1, -0.05) is 31.4 Å². The molecule has 1 fully saturated rings. The van der Waals surface area contributed by atoms with Crippen molar-refractivity contribution in [2.24, 2.45) is 0 Å². The highest BCUT2D eigenvalue weighted by atomic mass is 32.2. The van der Waals surface area contributed by atoms with Crippen LogP contribution in [-0.2, 0) is 10.0 Å². The van der Waals surface area contributed by atoms with Crippen LogP contribution < -0.4 is 10.0 Å². The Balaban J connectivity index is 2.00. The fourth-order valence-electron chi connectivity index (χ4n) is 2.91. The third kappa shape index (κ3) is 5.38.